The van der Waals surface area contributed by atoms with Gasteiger partial charge in [-0.2, -0.15) is 17.5 Å². The summed E-state index contributed by atoms with van der Waals surface area (Å²) in [6.45, 7) is 2.04. The molecule has 1 fully saturated rings. The van der Waals surface area contributed by atoms with E-state index in [9.17, 15) is 13.2 Å². The Balaban J connectivity index is 1.68. The molecule has 132 valence electrons. The molecule has 0 bridgehead atoms. The van der Waals surface area contributed by atoms with Crippen LogP contribution >= 0.6 is 22.9 Å². The molecule has 0 N–H and O–H groups in total. The highest BCUT2D eigenvalue weighted by molar-refractivity contribution is 7.10. The largest absolute Gasteiger partial charge is 0.434 e. The predicted octanol–water partition coefficient (Wildman–Crippen LogP) is 3.59. The molecule has 24 heavy (non-hydrogen) atoms. The summed E-state index contributed by atoms with van der Waals surface area (Å²) in [6.07, 6.45) is -1.97. The van der Waals surface area contributed by atoms with Crippen LogP contribution in [0.25, 0.3) is 0 Å². The molecule has 0 amide bonds. The van der Waals surface area contributed by atoms with Crippen LogP contribution in [0.1, 0.15) is 35.3 Å². The monoisotopic (exact) mass is 378 g/mol. The summed E-state index contributed by atoms with van der Waals surface area (Å²) in [7, 11) is 1.63. The van der Waals surface area contributed by atoms with E-state index < -0.39 is 11.9 Å². The third-order valence-electron chi connectivity index (χ3n) is 3.84. The lowest BCUT2D eigenvalue weighted by Gasteiger charge is -2.31. The van der Waals surface area contributed by atoms with Gasteiger partial charge in [0.1, 0.15) is 5.82 Å². The fourth-order valence-electron chi connectivity index (χ4n) is 2.63. The third kappa shape index (κ3) is 4.04. The quantitative estimate of drug-likeness (QED) is 0.796. The molecule has 2 aromatic heterocycles. The van der Waals surface area contributed by atoms with Gasteiger partial charge in [0.2, 0.25) is 5.13 Å². The van der Waals surface area contributed by atoms with Crippen LogP contribution in [0.3, 0.4) is 0 Å². The van der Waals surface area contributed by atoms with Crippen molar-refractivity contribution < 1.29 is 17.9 Å². The van der Waals surface area contributed by atoms with Gasteiger partial charge in [0.15, 0.2) is 5.69 Å². The Bertz CT molecular complexity index is 673. The van der Waals surface area contributed by atoms with Crippen LogP contribution in [0.4, 0.5) is 18.3 Å². The fourth-order valence-corrected chi connectivity index (χ4v) is 4.33. The van der Waals surface area contributed by atoms with Crippen molar-refractivity contribution in [3.05, 3.63) is 21.9 Å². The molecule has 10 heteroatoms. The van der Waals surface area contributed by atoms with Gasteiger partial charge in [-0.3, -0.25) is 0 Å². The molecule has 0 spiro atoms. The van der Waals surface area contributed by atoms with E-state index in [1.54, 1.807) is 7.11 Å². The molecular weight excluding hydrogens is 361 g/mol. The first-order valence-corrected chi connectivity index (χ1v) is 9.21. The second-order valence-electron chi connectivity index (χ2n) is 5.59. The van der Waals surface area contributed by atoms with Crippen molar-refractivity contribution >= 4 is 28.0 Å². The Hall–Kier alpha value is -1.26. The minimum Gasteiger partial charge on any atom is -0.384 e. The van der Waals surface area contributed by atoms with Crippen molar-refractivity contribution in [1.29, 1.82) is 0 Å². The van der Waals surface area contributed by atoms with Crippen molar-refractivity contribution in [3.8, 4) is 0 Å². The highest BCUT2D eigenvalue weighted by Crippen LogP contribution is 2.36. The average Bonchev–Trinajstić information content (AvgIpc) is 3.22. The lowest BCUT2D eigenvalue weighted by molar-refractivity contribution is -0.140. The zero-order chi connectivity index (χ0) is 17.2. The van der Waals surface area contributed by atoms with Gasteiger partial charge in [-0.15, -0.1) is 11.3 Å². The highest BCUT2D eigenvalue weighted by atomic mass is 32.1. The smallest absolute Gasteiger partial charge is 0.384 e. The van der Waals surface area contributed by atoms with E-state index in [1.807, 2.05) is 0 Å². The molecular formula is C14H17F3N4OS2. The number of hydrogen-bond donors (Lipinski definition) is 0. The van der Waals surface area contributed by atoms with E-state index in [0.717, 1.165) is 47.1 Å². The Labute approximate surface area is 145 Å². The Morgan fingerprint density at radius 2 is 2.21 bits per heavy atom. The van der Waals surface area contributed by atoms with Crippen LogP contribution in [-0.4, -0.2) is 41.1 Å². The van der Waals surface area contributed by atoms with Gasteiger partial charge in [-0.05, 0) is 12.8 Å². The van der Waals surface area contributed by atoms with Crippen molar-refractivity contribution in [3.63, 3.8) is 0 Å². The van der Waals surface area contributed by atoms with Gasteiger partial charge in [0, 0.05) is 49.5 Å². The number of methoxy groups -OCH3 is 1. The van der Waals surface area contributed by atoms with Crippen molar-refractivity contribution in [2.24, 2.45) is 0 Å². The summed E-state index contributed by atoms with van der Waals surface area (Å²) in [4.78, 5) is 10.4. The minimum absolute atomic E-state index is 0.00572. The number of ether oxygens (including phenoxy) is 1. The lowest BCUT2D eigenvalue weighted by Crippen LogP contribution is -2.34. The number of halogens is 3. The summed E-state index contributed by atoms with van der Waals surface area (Å²) < 4.78 is 47.5. The maximum Gasteiger partial charge on any atom is 0.434 e. The molecule has 3 heterocycles. The standard InChI is InChI=1S/C14H17F3N4OS2/c1-22-6-4-11-19-13(24-20-11)21-5-2-3-9(7-21)12-18-10(8-23-12)14(15,16)17/h8-9H,2-7H2,1H3. The number of thiazole rings is 1. The van der Waals surface area contributed by atoms with Gasteiger partial charge in [0.05, 0.1) is 11.6 Å². The maximum atomic E-state index is 12.7. The van der Waals surface area contributed by atoms with E-state index in [4.69, 9.17) is 4.74 Å². The van der Waals surface area contributed by atoms with Crippen molar-refractivity contribution in [2.75, 3.05) is 31.7 Å². The lowest BCUT2D eigenvalue weighted by atomic mass is 9.99. The first kappa shape index (κ1) is 17.6. The SMILES string of the molecule is COCCc1nsc(N2CCCC(c3nc(C(F)(F)F)cs3)C2)n1. The number of piperidine rings is 1. The molecule has 1 saturated heterocycles. The molecule has 0 aliphatic carbocycles. The molecule has 1 aliphatic heterocycles. The maximum absolute atomic E-state index is 12.7. The van der Waals surface area contributed by atoms with Crippen LogP contribution in [0.2, 0.25) is 0 Å². The van der Waals surface area contributed by atoms with E-state index in [1.165, 1.54) is 11.5 Å². The number of hydrogen-bond acceptors (Lipinski definition) is 7. The third-order valence-corrected chi connectivity index (χ3v) is 5.66. The van der Waals surface area contributed by atoms with Gasteiger partial charge in [-0.1, -0.05) is 0 Å². The van der Waals surface area contributed by atoms with Gasteiger partial charge >= 0.3 is 6.18 Å². The Morgan fingerprint density at radius 3 is 2.92 bits per heavy atom. The molecule has 1 atom stereocenters. The van der Waals surface area contributed by atoms with Gasteiger partial charge in [-0.25, -0.2) is 9.97 Å². The number of aromatic nitrogens is 3. The summed E-state index contributed by atoms with van der Waals surface area (Å²) in [5, 5.41) is 2.47. The number of anilines is 1. The van der Waals surface area contributed by atoms with Crippen molar-refractivity contribution in [1.82, 2.24) is 14.3 Å². The second-order valence-corrected chi connectivity index (χ2v) is 7.21. The van der Waals surface area contributed by atoms with Crippen LogP contribution in [-0.2, 0) is 17.3 Å². The number of nitrogens with zero attached hydrogens (tertiary/aromatic N) is 4. The zero-order valence-electron chi connectivity index (χ0n) is 13.0. The van der Waals surface area contributed by atoms with Crippen LogP contribution in [0.15, 0.2) is 5.38 Å². The first-order valence-electron chi connectivity index (χ1n) is 7.56. The molecule has 0 radical (unpaired) electrons. The number of rotatable bonds is 5. The summed E-state index contributed by atoms with van der Waals surface area (Å²) in [6, 6.07) is 0. The molecule has 5 nitrogen and oxygen atoms in total. The second kappa shape index (κ2) is 7.32. The molecule has 0 saturated carbocycles. The van der Waals surface area contributed by atoms with E-state index in [2.05, 4.69) is 19.2 Å². The van der Waals surface area contributed by atoms with E-state index in [-0.39, 0.29) is 5.92 Å². The predicted molar refractivity (Wildman–Crippen MR) is 86.8 cm³/mol. The van der Waals surface area contributed by atoms with E-state index in [0.29, 0.717) is 24.6 Å². The average molecular weight is 378 g/mol. The Kier molecular flexibility index (Phi) is 5.36. The number of alkyl halides is 3. The fraction of sp³-hybridized carbons (Fsp3) is 0.643. The topological polar surface area (TPSA) is 51.1 Å². The summed E-state index contributed by atoms with van der Waals surface area (Å²) >= 11 is 2.41. The zero-order valence-corrected chi connectivity index (χ0v) is 14.7. The molecule has 2 aromatic rings. The molecule has 1 aliphatic rings. The minimum atomic E-state index is -4.38. The summed E-state index contributed by atoms with van der Waals surface area (Å²) in [5.41, 5.74) is -0.794. The normalized spacial score (nSPS) is 19.0. The highest BCUT2D eigenvalue weighted by Gasteiger charge is 2.35. The van der Waals surface area contributed by atoms with Crippen LogP contribution < -0.4 is 4.90 Å². The molecule has 0 aromatic carbocycles. The van der Waals surface area contributed by atoms with Gasteiger partial charge in [0.25, 0.3) is 0 Å². The van der Waals surface area contributed by atoms with Crippen molar-refractivity contribution in [2.45, 2.75) is 31.4 Å². The first-order chi connectivity index (χ1) is 11.5. The van der Waals surface area contributed by atoms with Crippen LogP contribution in [0.5, 0.6) is 0 Å². The van der Waals surface area contributed by atoms with Crippen LogP contribution in [0, 0.1) is 0 Å². The summed E-state index contributed by atoms with van der Waals surface area (Å²) in [5.74, 6) is 0.749. The Morgan fingerprint density at radius 1 is 1.38 bits per heavy atom. The van der Waals surface area contributed by atoms with Gasteiger partial charge < -0.3 is 9.64 Å². The molecule has 3 rings (SSSR count). The van der Waals surface area contributed by atoms with E-state index >= 15 is 0 Å². The molecule has 1 unspecified atom stereocenters.